The van der Waals surface area contributed by atoms with Crippen molar-refractivity contribution in [2.24, 2.45) is 0 Å². The monoisotopic (exact) mass is 412 g/mol. The van der Waals surface area contributed by atoms with E-state index in [4.69, 9.17) is 4.52 Å². The maximum atomic E-state index is 6.91. The van der Waals surface area contributed by atoms with Gasteiger partial charge in [-0.3, -0.25) is 0 Å². The first-order valence-electron chi connectivity index (χ1n) is 8.40. The highest BCUT2D eigenvalue weighted by molar-refractivity contribution is 7.85. The van der Waals surface area contributed by atoms with E-state index in [0.29, 0.717) is 0 Å². The number of benzene rings is 3. The largest absolute Gasteiger partial charge is 1.00 e. The van der Waals surface area contributed by atoms with Gasteiger partial charge in [0.05, 0.1) is 0 Å². The van der Waals surface area contributed by atoms with Crippen LogP contribution in [0.25, 0.3) is 0 Å². The lowest BCUT2D eigenvalue weighted by molar-refractivity contribution is -0.00000828. The third-order valence-corrected chi connectivity index (χ3v) is 8.63. The maximum absolute atomic E-state index is 6.91. The van der Waals surface area contributed by atoms with Gasteiger partial charge in [0.15, 0.2) is 0 Å². The maximum Gasteiger partial charge on any atom is 0.216 e. The zero-order valence-corrected chi connectivity index (χ0v) is 17.0. The second-order valence-corrected chi connectivity index (χ2v) is 9.81. The van der Waals surface area contributed by atoms with Crippen molar-refractivity contribution in [1.29, 1.82) is 0 Å². The third kappa shape index (κ3) is 3.19. The Labute approximate surface area is 161 Å². The lowest BCUT2D eigenvalue weighted by atomic mass is 9.99. The summed E-state index contributed by atoms with van der Waals surface area (Å²) in [7, 11) is -1.93. The molecule has 3 aromatic rings. The Morgan fingerprint density at radius 2 is 1.32 bits per heavy atom. The Morgan fingerprint density at radius 3 is 2.00 bits per heavy atom. The average molecular weight is 413 g/mol. The second-order valence-electron chi connectivity index (χ2n) is 6.84. The first kappa shape index (κ1) is 18.3. The molecule has 4 rings (SSSR count). The normalized spacial score (nSPS) is 20.6. The van der Waals surface area contributed by atoms with Crippen LogP contribution >= 0.6 is 7.49 Å². The summed E-state index contributed by atoms with van der Waals surface area (Å²) in [4.78, 5) is 0. The molecule has 0 aliphatic carbocycles. The highest BCUT2D eigenvalue weighted by atomic mass is 79.9. The van der Waals surface area contributed by atoms with Gasteiger partial charge in [-0.15, -0.1) is 0 Å². The lowest BCUT2D eigenvalue weighted by Gasteiger charge is -2.24. The standard InChI is InChI=1S/C22H22OP.BrH/c1-22(2)20-15-9-10-16-21(20)24(23-22,19-13-7-4-8-14-19)17-18-11-5-3-6-12-18;/h3-16H,17H2,1-2H3;1H/q+1;/p-1. The molecule has 128 valence electrons. The summed E-state index contributed by atoms with van der Waals surface area (Å²) in [6.07, 6.45) is 0.943. The predicted octanol–water partition coefficient (Wildman–Crippen LogP) is 2.04. The topological polar surface area (TPSA) is 9.23 Å². The molecule has 0 spiro atoms. The molecule has 3 heteroatoms. The molecule has 1 atom stereocenters. The van der Waals surface area contributed by atoms with Crippen molar-refractivity contribution in [3.63, 3.8) is 0 Å². The van der Waals surface area contributed by atoms with Crippen molar-refractivity contribution in [2.45, 2.75) is 25.6 Å². The van der Waals surface area contributed by atoms with Gasteiger partial charge in [0.2, 0.25) is 7.49 Å². The molecule has 1 nitrogen and oxygen atoms in total. The fourth-order valence-corrected chi connectivity index (χ4v) is 7.91. The highest BCUT2D eigenvalue weighted by Crippen LogP contribution is 2.68. The van der Waals surface area contributed by atoms with E-state index in [-0.39, 0.29) is 22.6 Å². The van der Waals surface area contributed by atoms with Crippen LogP contribution in [0.2, 0.25) is 0 Å². The molecule has 1 aliphatic heterocycles. The van der Waals surface area contributed by atoms with E-state index in [1.54, 1.807) is 0 Å². The molecule has 1 aliphatic rings. The van der Waals surface area contributed by atoms with Crippen LogP contribution in [0.5, 0.6) is 0 Å². The van der Waals surface area contributed by atoms with Crippen LogP contribution in [0.1, 0.15) is 25.0 Å². The molecule has 1 unspecified atom stereocenters. The lowest BCUT2D eigenvalue weighted by Crippen LogP contribution is -3.00. The van der Waals surface area contributed by atoms with Gasteiger partial charge in [-0.25, -0.2) is 4.52 Å². The quantitative estimate of drug-likeness (QED) is 0.598. The Hall–Kier alpha value is -1.47. The van der Waals surface area contributed by atoms with Crippen molar-refractivity contribution in [3.05, 3.63) is 96.1 Å². The zero-order chi connectivity index (χ0) is 16.6. The first-order chi connectivity index (χ1) is 11.6. The van der Waals surface area contributed by atoms with E-state index in [2.05, 4.69) is 98.8 Å². The molecule has 0 amide bonds. The molecule has 0 bridgehead atoms. The molecule has 0 N–H and O–H groups in total. The highest BCUT2D eigenvalue weighted by Gasteiger charge is 2.58. The smallest absolute Gasteiger partial charge is 0.216 e. The minimum Gasteiger partial charge on any atom is -1.00 e. The van der Waals surface area contributed by atoms with Gasteiger partial charge < -0.3 is 17.0 Å². The third-order valence-electron chi connectivity index (χ3n) is 4.75. The number of hydrogen-bond acceptors (Lipinski definition) is 1. The van der Waals surface area contributed by atoms with Gasteiger partial charge in [-0.05, 0) is 37.6 Å². The van der Waals surface area contributed by atoms with Crippen LogP contribution in [0.3, 0.4) is 0 Å². The minimum absolute atomic E-state index is 0. The fraction of sp³-hybridized carbons (Fsp3) is 0.182. The van der Waals surface area contributed by atoms with E-state index in [1.807, 2.05) is 0 Å². The Balaban J connectivity index is 0.00000182. The van der Waals surface area contributed by atoms with Crippen LogP contribution < -0.4 is 27.6 Å². The van der Waals surface area contributed by atoms with Gasteiger partial charge in [-0.1, -0.05) is 66.7 Å². The summed E-state index contributed by atoms with van der Waals surface area (Å²) in [6.45, 7) is 4.39. The Morgan fingerprint density at radius 1 is 0.760 bits per heavy atom. The van der Waals surface area contributed by atoms with Crippen LogP contribution in [0.4, 0.5) is 0 Å². The van der Waals surface area contributed by atoms with Crippen molar-refractivity contribution < 1.29 is 21.5 Å². The van der Waals surface area contributed by atoms with Gasteiger partial charge >= 0.3 is 0 Å². The van der Waals surface area contributed by atoms with Crippen molar-refractivity contribution in [3.8, 4) is 0 Å². The van der Waals surface area contributed by atoms with Crippen LogP contribution in [0, 0.1) is 0 Å². The zero-order valence-electron chi connectivity index (χ0n) is 14.5. The van der Waals surface area contributed by atoms with Crippen molar-refractivity contribution in [2.75, 3.05) is 0 Å². The summed E-state index contributed by atoms with van der Waals surface area (Å²) in [5.74, 6) is 0. The summed E-state index contributed by atoms with van der Waals surface area (Å²) in [5.41, 5.74) is 2.41. The molecular formula is C22H22BrOP. The fourth-order valence-electron chi connectivity index (χ4n) is 3.70. The number of rotatable bonds is 3. The van der Waals surface area contributed by atoms with E-state index in [0.717, 1.165) is 6.16 Å². The van der Waals surface area contributed by atoms with Crippen LogP contribution in [-0.2, 0) is 16.3 Å². The molecule has 0 radical (unpaired) electrons. The SMILES string of the molecule is CC1(C)O[P+](Cc2ccccc2)(c2ccccc2)c2ccccc21.[Br-]. The molecule has 0 fully saturated rings. The number of hydrogen-bond donors (Lipinski definition) is 0. The summed E-state index contributed by atoms with van der Waals surface area (Å²) < 4.78 is 6.91. The van der Waals surface area contributed by atoms with Crippen molar-refractivity contribution >= 4 is 18.1 Å². The molecule has 0 saturated heterocycles. The summed E-state index contributed by atoms with van der Waals surface area (Å²) in [6, 6.07) is 30.3. The Kier molecular flexibility index (Phi) is 5.16. The molecule has 25 heavy (non-hydrogen) atoms. The van der Waals surface area contributed by atoms with Gasteiger partial charge in [-0.2, -0.15) is 0 Å². The summed E-state index contributed by atoms with van der Waals surface area (Å²) in [5, 5.41) is 2.72. The summed E-state index contributed by atoms with van der Waals surface area (Å²) >= 11 is 0. The van der Waals surface area contributed by atoms with Gasteiger partial charge in [0, 0.05) is 5.56 Å². The molecule has 0 aromatic heterocycles. The van der Waals surface area contributed by atoms with Crippen LogP contribution in [-0.4, -0.2) is 0 Å². The van der Waals surface area contributed by atoms with E-state index in [1.165, 1.54) is 21.7 Å². The Bertz CT molecular complexity index is 848. The van der Waals surface area contributed by atoms with Gasteiger partial charge in [0.25, 0.3) is 0 Å². The molecule has 0 saturated carbocycles. The van der Waals surface area contributed by atoms with E-state index < -0.39 is 7.49 Å². The van der Waals surface area contributed by atoms with Crippen LogP contribution in [0.15, 0.2) is 84.9 Å². The van der Waals surface area contributed by atoms with E-state index in [9.17, 15) is 0 Å². The van der Waals surface area contributed by atoms with E-state index >= 15 is 0 Å². The number of fused-ring (bicyclic) bond motifs is 1. The second kappa shape index (κ2) is 7.03. The predicted molar refractivity (Wildman–Crippen MR) is 103 cm³/mol. The first-order valence-corrected chi connectivity index (χ1v) is 10.3. The molecule has 1 heterocycles. The van der Waals surface area contributed by atoms with Gasteiger partial charge in [0.1, 0.15) is 22.4 Å². The number of halogens is 1. The minimum atomic E-state index is -1.93. The average Bonchev–Trinajstić information content (AvgIpc) is 2.85. The van der Waals surface area contributed by atoms with Crippen molar-refractivity contribution in [1.82, 2.24) is 0 Å². The molecular weight excluding hydrogens is 391 g/mol. The molecule has 3 aromatic carbocycles.